The highest BCUT2D eigenvalue weighted by atomic mass is 32.1. The van der Waals surface area contributed by atoms with Gasteiger partial charge in [-0.15, -0.1) is 11.3 Å². The van der Waals surface area contributed by atoms with E-state index in [1.165, 1.54) is 24.3 Å². The molecule has 3 rings (SSSR count). The largest absolute Gasteiger partial charge is 0.416 e. The highest BCUT2D eigenvalue weighted by Gasteiger charge is 2.30. The van der Waals surface area contributed by atoms with Gasteiger partial charge in [0.1, 0.15) is 0 Å². The molecule has 0 fully saturated rings. The number of halogens is 3. The van der Waals surface area contributed by atoms with Gasteiger partial charge in [-0.3, -0.25) is 14.5 Å². The summed E-state index contributed by atoms with van der Waals surface area (Å²) < 4.78 is 38.6. The van der Waals surface area contributed by atoms with Crippen molar-refractivity contribution in [1.82, 2.24) is 4.90 Å². The summed E-state index contributed by atoms with van der Waals surface area (Å²) in [6, 6.07) is 14.7. The minimum absolute atomic E-state index is 0.0310. The lowest BCUT2D eigenvalue weighted by atomic mass is 10.1. The lowest BCUT2D eigenvalue weighted by Gasteiger charge is -2.23. The monoisotopic (exact) mass is 461 g/mol. The predicted molar refractivity (Wildman–Crippen MR) is 120 cm³/mol. The molecular formula is C23H22F3N3O2S. The maximum atomic E-state index is 12.9. The van der Waals surface area contributed by atoms with E-state index in [0.29, 0.717) is 5.69 Å². The van der Waals surface area contributed by atoms with E-state index in [1.807, 2.05) is 36.4 Å². The van der Waals surface area contributed by atoms with Crippen LogP contribution in [0.4, 0.5) is 24.5 Å². The van der Waals surface area contributed by atoms with Gasteiger partial charge in [0.05, 0.1) is 12.1 Å². The standard InChI is InChI=1S/C23H22F3N3O2S/c1-15(20-10-5-11-32-20)29(2)14-21(30)27-18-8-3-6-16(12-18)22(31)28-19-9-4-7-17(13-19)23(24,25)26/h3-13,15H,14H2,1-2H3,(H,27,30)(H,28,31)/t15-/m1/s1. The molecule has 32 heavy (non-hydrogen) atoms. The van der Waals surface area contributed by atoms with E-state index in [-0.39, 0.29) is 29.7 Å². The van der Waals surface area contributed by atoms with E-state index in [0.717, 1.165) is 17.0 Å². The first-order chi connectivity index (χ1) is 15.1. The average Bonchev–Trinajstić information content (AvgIpc) is 3.27. The van der Waals surface area contributed by atoms with E-state index in [1.54, 1.807) is 23.5 Å². The Labute approximate surface area is 187 Å². The van der Waals surface area contributed by atoms with Crippen molar-refractivity contribution >= 4 is 34.5 Å². The van der Waals surface area contributed by atoms with Gasteiger partial charge < -0.3 is 10.6 Å². The lowest BCUT2D eigenvalue weighted by Crippen LogP contribution is -2.32. The summed E-state index contributed by atoms with van der Waals surface area (Å²) in [6.45, 7) is 2.16. The van der Waals surface area contributed by atoms with Crippen LogP contribution in [0.1, 0.15) is 33.8 Å². The number of likely N-dealkylation sites (N-methyl/N-ethyl adjacent to an activating group) is 1. The Balaban J connectivity index is 1.62. The molecule has 9 heteroatoms. The van der Waals surface area contributed by atoms with Crippen LogP contribution in [0.2, 0.25) is 0 Å². The van der Waals surface area contributed by atoms with E-state index < -0.39 is 17.6 Å². The molecule has 5 nitrogen and oxygen atoms in total. The molecule has 0 spiro atoms. The number of carbonyl (C=O) groups is 2. The van der Waals surface area contributed by atoms with E-state index in [4.69, 9.17) is 0 Å². The molecule has 0 aliphatic rings. The van der Waals surface area contributed by atoms with Crippen LogP contribution in [0.25, 0.3) is 0 Å². The van der Waals surface area contributed by atoms with Gasteiger partial charge in [0, 0.05) is 27.9 Å². The first kappa shape index (κ1) is 23.5. The molecule has 168 valence electrons. The Hall–Kier alpha value is -3.17. The number of hydrogen-bond donors (Lipinski definition) is 2. The van der Waals surface area contributed by atoms with E-state index in [2.05, 4.69) is 10.6 Å². The second kappa shape index (κ2) is 9.97. The Kier molecular flexibility index (Phi) is 7.32. The minimum Gasteiger partial charge on any atom is -0.325 e. The third-order valence-corrected chi connectivity index (χ3v) is 5.91. The molecule has 0 saturated carbocycles. The van der Waals surface area contributed by atoms with Gasteiger partial charge in [-0.05, 0) is 61.8 Å². The molecule has 0 saturated heterocycles. The number of hydrogen-bond acceptors (Lipinski definition) is 4. The van der Waals surface area contributed by atoms with Gasteiger partial charge in [-0.25, -0.2) is 0 Å². The summed E-state index contributed by atoms with van der Waals surface area (Å²) >= 11 is 1.62. The number of thiophene rings is 1. The van der Waals surface area contributed by atoms with Crippen molar-refractivity contribution < 1.29 is 22.8 Å². The third-order valence-electron chi connectivity index (χ3n) is 4.87. The van der Waals surface area contributed by atoms with Crippen molar-refractivity contribution in [2.45, 2.75) is 19.1 Å². The average molecular weight is 462 g/mol. The topological polar surface area (TPSA) is 61.4 Å². The number of nitrogens with one attached hydrogen (secondary N) is 2. The fourth-order valence-corrected chi connectivity index (χ4v) is 3.87. The zero-order valence-electron chi connectivity index (χ0n) is 17.4. The predicted octanol–water partition coefficient (Wildman–Crippen LogP) is 5.65. The molecule has 0 radical (unpaired) electrons. The molecule has 0 bridgehead atoms. The maximum absolute atomic E-state index is 12.9. The van der Waals surface area contributed by atoms with Crippen LogP contribution in [0, 0.1) is 0 Å². The fourth-order valence-electron chi connectivity index (χ4n) is 3.02. The number of amides is 2. The van der Waals surface area contributed by atoms with Crippen LogP contribution < -0.4 is 10.6 Å². The van der Waals surface area contributed by atoms with Gasteiger partial charge in [0.15, 0.2) is 0 Å². The quantitative estimate of drug-likeness (QED) is 0.478. The van der Waals surface area contributed by atoms with Crippen molar-refractivity contribution in [2.24, 2.45) is 0 Å². The van der Waals surface area contributed by atoms with Crippen molar-refractivity contribution in [1.29, 1.82) is 0 Å². The van der Waals surface area contributed by atoms with Crippen molar-refractivity contribution in [3.8, 4) is 0 Å². The molecular weight excluding hydrogens is 439 g/mol. The molecule has 0 unspecified atom stereocenters. The highest BCUT2D eigenvalue weighted by Crippen LogP contribution is 2.30. The fraction of sp³-hybridized carbons (Fsp3) is 0.217. The second-order valence-corrected chi connectivity index (χ2v) is 8.25. The van der Waals surface area contributed by atoms with E-state index >= 15 is 0 Å². The van der Waals surface area contributed by atoms with Crippen molar-refractivity contribution in [3.05, 3.63) is 82.0 Å². The van der Waals surface area contributed by atoms with Crippen LogP contribution >= 0.6 is 11.3 Å². The number of benzene rings is 2. The van der Waals surface area contributed by atoms with Gasteiger partial charge in [-0.1, -0.05) is 18.2 Å². The van der Waals surface area contributed by atoms with Gasteiger partial charge >= 0.3 is 6.18 Å². The lowest BCUT2D eigenvalue weighted by molar-refractivity contribution is -0.137. The summed E-state index contributed by atoms with van der Waals surface area (Å²) in [5.74, 6) is -0.824. The van der Waals surface area contributed by atoms with Crippen LogP contribution in [-0.2, 0) is 11.0 Å². The zero-order chi connectivity index (χ0) is 23.3. The third kappa shape index (κ3) is 6.18. The van der Waals surface area contributed by atoms with Gasteiger partial charge in [0.25, 0.3) is 5.91 Å². The number of rotatable bonds is 7. The van der Waals surface area contributed by atoms with Gasteiger partial charge in [0.2, 0.25) is 5.91 Å². The maximum Gasteiger partial charge on any atom is 0.416 e. The number of anilines is 2. The Morgan fingerprint density at radius 2 is 1.69 bits per heavy atom. The van der Waals surface area contributed by atoms with Crippen molar-refractivity contribution in [3.63, 3.8) is 0 Å². The summed E-state index contributed by atoms with van der Waals surface area (Å²) in [6.07, 6.45) is -4.50. The van der Waals surface area contributed by atoms with E-state index in [9.17, 15) is 22.8 Å². The smallest absolute Gasteiger partial charge is 0.325 e. The molecule has 1 atom stereocenters. The van der Waals surface area contributed by atoms with Crippen LogP contribution in [-0.4, -0.2) is 30.3 Å². The van der Waals surface area contributed by atoms with Gasteiger partial charge in [-0.2, -0.15) is 13.2 Å². The molecule has 2 amide bonds. The zero-order valence-corrected chi connectivity index (χ0v) is 18.3. The molecule has 2 N–H and O–H groups in total. The first-order valence-electron chi connectivity index (χ1n) is 9.75. The minimum atomic E-state index is -4.50. The summed E-state index contributed by atoms with van der Waals surface area (Å²) in [5, 5.41) is 7.19. The summed E-state index contributed by atoms with van der Waals surface area (Å²) in [4.78, 5) is 28.0. The molecule has 3 aromatic rings. The second-order valence-electron chi connectivity index (χ2n) is 7.27. The molecule has 1 heterocycles. The van der Waals surface area contributed by atoms with Crippen LogP contribution in [0.5, 0.6) is 0 Å². The Bertz CT molecular complexity index is 1080. The highest BCUT2D eigenvalue weighted by molar-refractivity contribution is 7.10. The Morgan fingerprint density at radius 3 is 2.34 bits per heavy atom. The summed E-state index contributed by atoms with van der Waals surface area (Å²) in [7, 11) is 1.85. The summed E-state index contributed by atoms with van der Waals surface area (Å²) in [5.41, 5.74) is -0.190. The first-order valence-corrected chi connectivity index (χ1v) is 10.6. The Morgan fingerprint density at radius 1 is 1.00 bits per heavy atom. The van der Waals surface area contributed by atoms with Crippen molar-refractivity contribution in [2.75, 3.05) is 24.2 Å². The molecule has 2 aromatic carbocycles. The van der Waals surface area contributed by atoms with Crippen LogP contribution in [0.15, 0.2) is 66.0 Å². The number of nitrogens with zero attached hydrogens (tertiary/aromatic N) is 1. The van der Waals surface area contributed by atoms with Crippen LogP contribution in [0.3, 0.4) is 0 Å². The molecule has 0 aliphatic heterocycles. The molecule has 0 aliphatic carbocycles. The number of alkyl halides is 3. The number of carbonyl (C=O) groups excluding carboxylic acids is 2. The SMILES string of the molecule is C[C@H](c1cccs1)N(C)CC(=O)Nc1cccc(C(=O)Nc2cccc(C(F)(F)F)c2)c1. The molecule has 1 aromatic heterocycles. The normalized spacial score (nSPS) is 12.4.